The van der Waals surface area contributed by atoms with Crippen LogP contribution in [0.15, 0.2) is 18.2 Å². The van der Waals surface area contributed by atoms with Crippen LogP contribution in [0, 0.1) is 10.1 Å². The Kier molecular flexibility index (Phi) is 2.86. The number of nitrogens with zero attached hydrogens (tertiary/aromatic N) is 1. The maximum absolute atomic E-state index is 10.9. The van der Waals surface area contributed by atoms with E-state index < -0.39 is 10.8 Å². The van der Waals surface area contributed by atoms with Crippen LogP contribution in [0.1, 0.15) is 15.9 Å². The van der Waals surface area contributed by atoms with Crippen LogP contribution in [0.25, 0.3) is 0 Å². The molecule has 1 aromatic rings. The maximum atomic E-state index is 10.9. The minimum atomic E-state index is -0.827. The Morgan fingerprint density at radius 1 is 1.57 bits per heavy atom. The summed E-state index contributed by atoms with van der Waals surface area (Å²) in [4.78, 5) is 20.9. The number of para-hydroxylation sites is 1. The average Bonchev–Trinajstić information content (AvgIpc) is 2.16. The molecule has 2 radical (unpaired) electrons. The SMILES string of the molecule is [B]Cc1cccc(C(N)=O)c1[N+](=O)[O-]. The molecule has 0 saturated heterocycles. The zero-order chi connectivity index (χ0) is 10.7. The van der Waals surface area contributed by atoms with E-state index in [0.29, 0.717) is 5.56 Å². The first kappa shape index (κ1) is 10.2. The number of carbonyl (C=O) groups excluding carboxylic acids is 1. The third kappa shape index (κ3) is 1.73. The number of carbonyl (C=O) groups is 1. The topological polar surface area (TPSA) is 86.2 Å². The Balaban J connectivity index is 3.43. The lowest BCUT2D eigenvalue weighted by molar-refractivity contribution is -0.385. The van der Waals surface area contributed by atoms with Gasteiger partial charge in [-0.1, -0.05) is 18.5 Å². The van der Waals surface area contributed by atoms with E-state index in [1.54, 1.807) is 0 Å². The van der Waals surface area contributed by atoms with E-state index in [-0.39, 0.29) is 17.6 Å². The van der Waals surface area contributed by atoms with Gasteiger partial charge in [0.15, 0.2) is 0 Å². The van der Waals surface area contributed by atoms with E-state index in [2.05, 4.69) is 0 Å². The van der Waals surface area contributed by atoms with Crippen molar-refractivity contribution in [1.29, 1.82) is 0 Å². The molecular weight excluding hydrogens is 183 g/mol. The molecule has 2 N–H and O–H groups in total. The van der Waals surface area contributed by atoms with Crippen molar-refractivity contribution in [2.75, 3.05) is 0 Å². The molecule has 1 rings (SSSR count). The number of nitro benzene ring substituents is 1. The first-order valence-electron chi connectivity index (χ1n) is 3.84. The Labute approximate surface area is 81.5 Å². The summed E-state index contributed by atoms with van der Waals surface area (Å²) in [7, 11) is 5.30. The van der Waals surface area contributed by atoms with Crippen LogP contribution in [0.3, 0.4) is 0 Å². The number of benzene rings is 1. The fraction of sp³-hybridized carbons (Fsp3) is 0.125. The quantitative estimate of drug-likeness (QED) is 0.424. The van der Waals surface area contributed by atoms with Crippen LogP contribution in [0.5, 0.6) is 0 Å². The highest BCUT2D eigenvalue weighted by Gasteiger charge is 2.21. The molecular formula is C8H7BN2O3. The molecule has 0 aliphatic rings. The molecule has 0 aliphatic carbocycles. The summed E-state index contributed by atoms with van der Waals surface area (Å²) in [6.45, 7) is 0. The smallest absolute Gasteiger partial charge is 0.284 e. The van der Waals surface area contributed by atoms with Gasteiger partial charge in [0.1, 0.15) is 5.56 Å². The number of hydrogen-bond acceptors (Lipinski definition) is 3. The second kappa shape index (κ2) is 3.91. The molecule has 70 valence electrons. The molecule has 0 saturated carbocycles. The number of nitro groups is 1. The van der Waals surface area contributed by atoms with Crippen LogP contribution in [0.2, 0.25) is 0 Å². The average molecular weight is 190 g/mol. The Bertz CT molecular complexity index is 392. The molecule has 1 amide bonds. The van der Waals surface area contributed by atoms with Gasteiger partial charge >= 0.3 is 0 Å². The summed E-state index contributed by atoms with van der Waals surface area (Å²) in [6, 6.07) is 4.31. The van der Waals surface area contributed by atoms with Crippen molar-refractivity contribution in [3.8, 4) is 0 Å². The van der Waals surface area contributed by atoms with Crippen LogP contribution >= 0.6 is 0 Å². The molecule has 1 aromatic carbocycles. The predicted molar refractivity (Wildman–Crippen MR) is 51.1 cm³/mol. The van der Waals surface area contributed by atoms with E-state index in [0.717, 1.165) is 0 Å². The summed E-state index contributed by atoms with van der Waals surface area (Å²) in [5.74, 6) is -0.827. The molecule has 0 unspecified atom stereocenters. The van der Waals surface area contributed by atoms with Crippen molar-refractivity contribution >= 4 is 19.4 Å². The Morgan fingerprint density at radius 3 is 2.64 bits per heavy atom. The first-order chi connectivity index (χ1) is 6.57. The van der Waals surface area contributed by atoms with E-state index in [9.17, 15) is 14.9 Å². The second-order valence-corrected chi connectivity index (χ2v) is 2.64. The highest BCUT2D eigenvalue weighted by Crippen LogP contribution is 2.23. The second-order valence-electron chi connectivity index (χ2n) is 2.64. The van der Waals surface area contributed by atoms with Gasteiger partial charge in [0.2, 0.25) is 0 Å². The van der Waals surface area contributed by atoms with Gasteiger partial charge < -0.3 is 5.73 Å². The largest absolute Gasteiger partial charge is 0.365 e. The van der Waals surface area contributed by atoms with Crippen LogP contribution in [0.4, 0.5) is 5.69 Å². The van der Waals surface area contributed by atoms with Crippen molar-refractivity contribution in [2.45, 2.75) is 6.32 Å². The Hall–Kier alpha value is -1.85. The number of nitrogens with two attached hydrogens (primary N) is 1. The molecule has 0 atom stereocenters. The Morgan fingerprint density at radius 2 is 2.21 bits per heavy atom. The molecule has 0 fully saturated rings. The maximum Gasteiger partial charge on any atom is 0.284 e. The van der Waals surface area contributed by atoms with Crippen LogP contribution in [-0.2, 0) is 6.32 Å². The van der Waals surface area contributed by atoms with Gasteiger partial charge in [0, 0.05) is 5.56 Å². The monoisotopic (exact) mass is 190 g/mol. The van der Waals surface area contributed by atoms with Crippen molar-refractivity contribution < 1.29 is 9.72 Å². The minimum Gasteiger partial charge on any atom is -0.365 e. The highest BCUT2D eigenvalue weighted by molar-refractivity contribution is 6.09. The fourth-order valence-electron chi connectivity index (χ4n) is 1.17. The van der Waals surface area contributed by atoms with Crippen molar-refractivity contribution in [3.05, 3.63) is 39.4 Å². The molecule has 0 heterocycles. The third-order valence-electron chi connectivity index (χ3n) is 1.79. The lowest BCUT2D eigenvalue weighted by atomic mass is 9.93. The normalized spacial score (nSPS) is 9.71. The summed E-state index contributed by atoms with van der Waals surface area (Å²) < 4.78 is 0. The van der Waals surface area contributed by atoms with Gasteiger partial charge in [-0.05, 0) is 6.07 Å². The molecule has 0 spiro atoms. The van der Waals surface area contributed by atoms with Gasteiger partial charge in [-0.2, -0.15) is 0 Å². The molecule has 5 nitrogen and oxygen atoms in total. The van der Waals surface area contributed by atoms with Crippen LogP contribution < -0.4 is 5.73 Å². The third-order valence-corrected chi connectivity index (χ3v) is 1.79. The first-order valence-corrected chi connectivity index (χ1v) is 3.84. The van der Waals surface area contributed by atoms with E-state index >= 15 is 0 Å². The number of rotatable bonds is 3. The molecule has 14 heavy (non-hydrogen) atoms. The zero-order valence-electron chi connectivity index (χ0n) is 7.27. The van der Waals surface area contributed by atoms with Gasteiger partial charge in [0.05, 0.1) is 12.8 Å². The summed E-state index contributed by atoms with van der Waals surface area (Å²) >= 11 is 0. The number of amides is 1. The summed E-state index contributed by atoms with van der Waals surface area (Å²) in [5, 5.41) is 10.6. The zero-order valence-corrected chi connectivity index (χ0v) is 7.27. The number of primary amides is 1. The lowest BCUT2D eigenvalue weighted by Gasteiger charge is -2.02. The number of hydrogen-bond donors (Lipinski definition) is 1. The molecule has 6 heteroatoms. The van der Waals surface area contributed by atoms with Crippen molar-refractivity contribution in [1.82, 2.24) is 0 Å². The minimum absolute atomic E-state index is 0.00255. The van der Waals surface area contributed by atoms with Crippen molar-refractivity contribution in [3.63, 3.8) is 0 Å². The van der Waals surface area contributed by atoms with E-state index in [1.165, 1.54) is 18.2 Å². The molecule has 0 bridgehead atoms. The lowest BCUT2D eigenvalue weighted by Crippen LogP contribution is -2.14. The summed E-state index contributed by atoms with van der Waals surface area (Å²) in [6.07, 6.45) is -0.00255. The van der Waals surface area contributed by atoms with E-state index in [4.69, 9.17) is 13.6 Å². The highest BCUT2D eigenvalue weighted by atomic mass is 16.6. The summed E-state index contributed by atoms with van der Waals surface area (Å²) in [5.41, 5.74) is 4.87. The molecule has 0 aromatic heterocycles. The van der Waals surface area contributed by atoms with Gasteiger partial charge in [0.25, 0.3) is 11.6 Å². The molecule has 0 aliphatic heterocycles. The van der Waals surface area contributed by atoms with Gasteiger partial charge in [-0.15, -0.1) is 0 Å². The standard InChI is InChI=1S/C8H7BN2O3/c9-4-5-2-1-3-6(8(10)12)7(5)11(13)14/h1-3H,4H2,(H2,10,12). The van der Waals surface area contributed by atoms with E-state index in [1.807, 2.05) is 0 Å². The van der Waals surface area contributed by atoms with Crippen LogP contribution in [-0.4, -0.2) is 18.7 Å². The predicted octanol–water partition coefficient (Wildman–Crippen LogP) is 0.362. The fourth-order valence-corrected chi connectivity index (χ4v) is 1.17. The van der Waals surface area contributed by atoms with Gasteiger partial charge in [-0.25, -0.2) is 0 Å². The van der Waals surface area contributed by atoms with Crippen molar-refractivity contribution in [2.24, 2.45) is 5.73 Å². The van der Waals surface area contributed by atoms with Gasteiger partial charge in [-0.3, -0.25) is 14.9 Å².